The van der Waals surface area contributed by atoms with Gasteiger partial charge in [0.25, 0.3) is 0 Å². The number of aryl methyl sites for hydroxylation is 1. The van der Waals surface area contributed by atoms with Gasteiger partial charge < -0.3 is 20.4 Å². The molecule has 0 aliphatic carbocycles. The van der Waals surface area contributed by atoms with Gasteiger partial charge >= 0.3 is 12.0 Å². The molecule has 1 saturated heterocycles. The summed E-state index contributed by atoms with van der Waals surface area (Å²) < 4.78 is 0. The van der Waals surface area contributed by atoms with Crippen LogP contribution in [0.5, 0.6) is 0 Å². The Balaban J connectivity index is 2.05. The standard InChI is InChI=1S/C15H20N2O4/c1-10-4-5-12(7-13(10)14(19)20)16-15(21)17-6-2-3-11(8-17)9-18/h4-5,7,11,18H,2-3,6,8-9H2,1H3,(H,16,21)(H,19,20). The third-order valence-corrected chi connectivity index (χ3v) is 3.78. The Bertz CT molecular complexity index is 544. The molecule has 0 spiro atoms. The first-order valence-corrected chi connectivity index (χ1v) is 7.02. The first-order valence-electron chi connectivity index (χ1n) is 7.02. The van der Waals surface area contributed by atoms with E-state index in [-0.39, 0.29) is 24.1 Å². The number of aromatic carboxylic acids is 1. The summed E-state index contributed by atoms with van der Waals surface area (Å²) in [6.45, 7) is 2.98. The Morgan fingerprint density at radius 1 is 1.43 bits per heavy atom. The van der Waals surface area contributed by atoms with Crippen LogP contribution in [0.2, 0.25) is 0 Å². The van der Waals surface area contributed by atoms with Crippen LogP contribution in [-0.4, -0.2) is 46.8 Å². The molecule has 1 unspecified atom stereocenters. The number of aliphatic hydroxyl groups excluding tert-OH is 1. The van der Waals surface area contributed by atoms with E-state index in [0.29, 0.717) is 24.3 Å². The first-order chi connectivity index (χ1) is 10.0. The van der Waals surface area contributed by atoms with E-state index in [9.17, 15) is 14.7 Å². The molecule has 1 aromatic carbocycles. The van der Waals surface area contributed by atoms with E-state index < -0.39 is 5.97 Å². The zero-order chi connectivity index (χ0) is 15.4. The number of piperidine rings is 1. The molecular weight excluding hydrogens is 272 g/mol. The van der Waals surface area contributed by atoms with E-state index in [4.69, 9.17) is 5.11 Å². The summed E-state index contributed by atoms with van der Waals surface area (Å²) >= 11 is 0. The third-order valence-electron chi connectivity index (χ3n) is 3.78. The van der Waals surface area contributed by atoms with Gasteiger partial charge in [-0.15, -0.1) is 0 Å². The summed E-state index contributed by atoms with van der Waals surface area (Å²) in [6, 6.07) is 4.57. The number of urea groups is 1. The molecule has 0 bridgehead atoms. The number of carboxylic acids is 1. The molecule has 1 fully saturated rings. The average Bonchev–Trinajstić information content (AvgIpc) is 2.49. The van der Waals surface area contributed by atoms with Crippen molar-refractivity contribution in [1.82, 2.24) is 4.90 Å². The van der Waals surface area contributed by atoms with E-state index in [1.54, 1.807) is 24.0 Å². The van der Waals surface area contributed by atoms with Crippen LogP contribution in [-0.2, 0) is 0 Å². The number of rotatable bonds is 3. The number of carbonyl (C=O) groups excluding carboxylic acids is 1. The lowest BCUT2D eigenvalue weighted by Gasteiger charge is -2.31. The van der Waals surface area contributed by atoms with Gasteiger partial charge in [-0.05, 0) is 43.4 Å². The molecule has 0 aromatic heterocycles. The second-order valence-corrected chi connectivity index (χ2v) is 5.40. The van der Waals surface area contributed by atoms with Gasteiger partial charge in [-0.1, -0.05) is 6.07 Å². The zero-order valence-electron chi connectivity index (χ0n) is 12.0. The number of amides is 2. The molecule has 1 aromatic rings. The van der Waals surface area contributed by atoms with E-state index >= 15 is 0 Å². The molecule has 6 heteroatoms. The summed E-state index contributed by atoms with van der Waals surface area (Å²) in [5, 5.41) is 21.0. The van der Waals surface area contributed by atoms with Crippen molar-refractivity contribution in [2.75, 3.05) is 25.0 Å². The Kier molecular flexibility index (Phi) is 4.80. The summed E-state index contributed by atoms with van der Waals surface area (Å²) in [5.41, 5.74) is 1.30. The molecule has 114 valence electrons. The SMILES string of the molecule is Cc1ccc(NC(=O)N2CCCC(CO)C2)cc1C(=O)O. The van der Waals surface area contributed by atoms with Gasteiger partial charge in [-0.2, -0.15) is 0 Å². The lowest BCUT2D eigenvalue weighted by Crippen LogP contribution is -2.43. The minimum atomic E-state index is -1.01. The molecule has 6 nitrogen and oxygen atoms in total. The topological polar surface area (TPSA) is 89.9 Å². The minimum absolute atomic E-state index is 0.0808. The Hall–Kier alpha value is -2.08. The van der Waals surface area contributed by atoms with Crippen LogP contribution >= 0.6 is 0 Å². The Labute approximate surface area is 123 Å². The monoisotopic (exact) mass is 292 g/mol. The summed E-state index contributed by atoms with van der Waals surface area (Å²) in [6.07, 6.45) is 1.79. The van der Waals surface area contributed by atoms with Gasteiger partial charge in [-0.25, -0.2) is 9.59 Å². The number of carbonyl (C=O) groups is 2. The van der Waals surface area contributed by atoms with Crippen LogP contribution in [0.1, 0.15) is 28.8 Å². The lowest BCUT2D eigenvalue weighted by molar-refractivity contribution is 0.0696. The predicted octanol–water partition coefficient (Wildman–Crippen LogP) is 1.93. The van der Waals surface area contributed by atoms with Crippen molar-refractivity contribution >= 4 is 17.7 Å². The normalized spacial score (nSPS) is 18.4. The fourth-order valence-corrected chi connectivity index (χ4v) is 2.53. The van der Waals surface area contributed by atoms with Crippen molar-refractivity contribution in [3.8, 4) is 0 Å². The number of hydrogen-bond acceptors (Lipinski definition) is 3. The van der Waals surface area contributed by atoms with Gasteiger partial charge in [-0.3, -0.25) is 0 Å². The van der Waals surface area contributed by atoms with Crippen LogP contribution in [0.3, 0.4) is 0 Å². The zero-order valence-corrected chi connectivity index (χ0v) is 12.0. The number of aliphatic hydroxyl groups is 1. The van der Waals surface area contributed by atoms with E-state index in [2.05, 4.69) is 5.32 Å². The molecule has 2 rings (SSSR count). The molecule has 1 atom stereocenters. The van der Waals surface area contributed by atoms with E-state index in [0.717, 1.165) is 12.8 Å². The fraction of sp³-hybridized carbons (Fsp3) is 0.467. The van der Waals surface area contributed by atoms with Crippen molar-refractivity contribution in [2.24, 2.45) is 5.92 Å². The van der Waals surface area contributed by atoms with Crippen LogP contribution in [0, 0.1) is 12.8 Å². The quantitative estimate of drug-likeness (QED) is 0.794. The number of carboxylic acid groups (broad SMARTS) is 1. The molecule has 0 radical (unpaired) electrons. The summed E-state index contributed by atoms with van der Waals surface area (Å²) in [7, 11) is 0. The summed E-state index contributed by atoms with van der Waals surface area (Å²) in [5.74, 6) is -0.890. The average molecular weight is 292 g/mol. The second kappa shape index (κ2) is 6.58. The maximum atomic E-state index is 12.2. The smallest absolute Gasteiger partial charge is 0.336 e. The highest BCUT2D eigenvalue weighted by molar-refractivity contribution is 5.94. The van der Waals surface area contributed by atoms with Crippen LogP contribution in [0.25, 0.3) is 0 Å². The van der Waals surface area contributed by atoms with Crippen molar-refractivity contribution < 1.29 is 19.8 Å². The van der Waals surface area contributed by atoms with Crippen molar-refractivity contribution in [3.63, 3.8) is 0 Å². The molecule has 1 aliphatic rings. The molecule has 3 N–H and O–H groups in total. The van der Waals surface area contributed by atoms with Gasteiger partial charge in [0, 0.05) is 25.4 Å². The molecule has 1 aliphatic heterocycles. The fourth-order valence-electron chi connectivity index (χ4n) is 2.53. The minimum Gasteiger partial charge on any atom is -0.478 e. The molecule has 1 heterocycles. The highest BCUT2D eigenvalue weighted by Crippen LogP contribution is 2.19. The van der Waals surface area contributed by atoms with Gasteiger partial charge in [0.2, 0.25) is 0 Å². The van der Waals surface area contributed by atoms with Crippen LogP contribution < -0.4 is 5.32 Å². The second-order valence-electron chi connectivity index (χ2n) is 5.40. The summed E-state index contributed by atoms with van der Waals surface area (Å²) in [4.78, 5) is 24.9. The number of hydrogen-bond donors (Lipinski definition) is 3. The maximum Gasteiger partial charge on any atom is 0.336 e. The third kappa shape index (κ3) is 3.72. The van der Waals surface area contributed by atoms with Crippen LogP contribution in [0.4, 0.5) is 10.5 Å². The Morgan fingerprint density at radius 2 is 2.19 bits per heavy atom. The van der Waals surface area contributed by atoms with Gasteiger partial charge in [0.1, 0.15) is 0 Å². The largest absolute Gasteiger partial charge is 0.478 e. The highest BCUT2D eigenvalue weighted by Gasteiger charge is 2.23. The number of benzene rings is 1. The molecular formula is C15H20N2O4. The number of anilines is 1. The predicted molar refractivity (Wildman–Crippen MR) is 78.5 cm³/mol. The maximum absolute atomic E-state index is 12.2. The van der Waals surface area contributed by atoms with Gasteiger partial charge in [0.05, 0.1) is 5.56 Å². The van der Waals surface area contributed by atoms with Crippen molar-refractivity contribution in [1.29, 1.82) is 0 Å². The van der Waals surface area contributed by atoms with Gasteiger partial charge in [0.15, 0.2) is 0 Å². The number of nitrogens with zero attached hydrogens (tertiary/aromatic N) is 1. The number of nitrogens with one attached hydrogen (secondary N) is 1. The lowest BCUT2D eigenvalue weighted by atomic mass is 9.99. The van der Waals surface area contributed by atoms with E-state index in [1.807, 2.05) is 0 Å². The number of likely N-dealkylation sites (tertiary alicyclic amines) is 1. The molecule has 21 heavy (non-hydrogen) atoms. The van der Waals surface area contributed by atoms with Crippen molar-refractivity contribution in [2.45, 2.75) is 19.8 Å². The molecule has 2 amide bonds. The Morgan fingerprint density at radius 3 is 2.86 bits per heavy atom. The molecule has 0 saturated carbocycles. The van der Waals surface area contributed by atoms with E-state index in [1.165, 1.54) is 6.07 Å². The highest BCUT2D eigenvalue weighted by atomic mass is 16.4. The first kappa shape index (κ1) is 15.3. The van der Waals surface area contributed by atoms with Crippen molar-refractivity contribution in [3.05, 3.63) is 29.3 Å². The van der Waals surface area contributed by atoms with Crippen LogP contribution in [0.15, 0.2) is 18.2 Å².